The minimum absolute atomic E-state index is 0.0166. The maximum atomic E-state index is 10.2. The lowest BCUT2D eigenvalue weighted by atomic mass is 9.88. The maximum Gasteiger partial charge on any atom is 0.160 e. The number of aryl methyl sites for hydroxylation is 1. The van der Waals surface area contributed by atoms with Crippen molar-refractivity contribution in [1.29, 1.82) is 0 Å². The summed E-state index contributed by atoms with van der Waals surface area (Å²) in [7, 11) is 3.68. The van der Waals surface area contributed by atoms with Crippen LogP contribution in [0.1, 0.15) is 61.1 Å². The summed E-state index contributed by atoms with van der Waals surface area (Å²) in [4.78, 5) is 15.3. The van der Waals surface area contributed by atoms with Gasteiger partial charge in [-0.2, -0.15) is 0 Å². The highest BCUT2D eigenvalue weighted by Crippen LogP contribution is 2.43. The number of carbonyl (C=O) groups is 1. The highest BCUT2D eigenvalue weighted by Gasteiger charge is 2.33. The van der Waals surface area contributed by atoms with Crippen LogP contribution in [0.3, 0.4) is 0 Å². The summed E-state index contributed by atoms with van der Waals surface area (Å²) in [5.74, 6) is 0.354. The first-order chi connectivity index (χ1) is 17.0. The minimum atomic E-state index is -0.0166. The van der Waals surface area contributed by atoms with Crippen LogP contribution in [-0.4, -0.2) is 38.1 Å². The standard InChI is InChI=1S/C20H24N2.C8H8O3.C2H6/c1-15-14-20(17-10-4-6-12-19(17)21(15)2)22-13-7-9-16-8-3-5-11-18(16)22;1-11-8-3-2-6(5-9)4-7(8)10;1-2/h3-6,8,10-12,15,20H,7,9,13-14H2,1-2H3;2-5,10H,1H3;1-2H3. The molecule has 5 nitrogen and oxygen atoms in total. The first-order valence-electron chi connectivity index (χ1n) is 12.5. The maximum absolute atomic E-state index is 10.2. The lowest BCUT2D eigenvalue weighted by Crippen LogP contribution is -2.43. The molecule has 0 saturated carbocycles. The van der Waals surface area contributed by atoms with Gasteiger partial charge in [-0.15, -0.1) is 0 Å². The van der Waals surface area contributed by atoms with Gasteiger partial charge in [-0.05, 0) is 67.6 Å². The fourth-order valence-electron chi connectivity index (χ4n) is 4.90. The number of phenolic OH excluding ortho intramolecular Hbond substituents is 1. The normalized spacial score (nSPS) is 18.1. The zero-order valence-electron chi connectivity index (χ0n) is 21.6. The van der Waals surface area contributed by atoms with Crippen molar-refractivity contribution < 1.29 is 14.6 Å². The van der Waals surface area contributed by atoms with Crippen molar-refractivity contribution in [3.63, 3.8) is 0 Å². The number of phenols is 1. The molecule has 5 rings (SSSR count). The van der Waals surface area contributed by atoms with Gasteiger partial charge in [-0.3, -0.25) is 4.79 Å². The molecule has 0 saturated heterocycles. The van der Waals surface area contributed by atoms with E-state index in [9.17, 15) is 4.79 Å². The van der Waals surface area contributed by atoms with Crippen LogP contribution < -0.4 is 14.5 Å². The van der Waals surface area contributed by atoms with Crippen molar-refractivity contribution in [2.75, 3.05) is 30.5 Å². The van der Waals surface area contributed by atoms with Crippen LogP contribution in [0.15, 0.2) is 66.7 Å². The van der Waals surface area contributed by atoms with Crippen molar-refractivity contribution >= 4 is 17.7 Å². The Kier molecular flexibility index (Phi) is 9.18. The SMILES string of the molecule is CC.CC1CC(N2CCCc3ccccc32)c2ccccc2N1C.COc1ccc(C=O)cc1O. The van der Waals surface area contributed by atoms with Crippen LogP contribution >= 0.6 is 0 Å². The van der Waals surface area contributed by atoms with Gasteiger partial charge < -0.3 is 19.6 Å². The van der Waals surface area contributed by atoms with Crippen LogP contribution in [-0.2, 0) is 6.42 Å². The number of benzene rings is 3. The molecule has 0 amide bonds. The molecule has 0 radical (unpaired) electrons. The first-order valence-corrected chi connectivity index (χ1v) is 12.5. The minimum Gasteiger partial charge on any atom is -0.504 e. The van der Waals surface area contributed by atoms with Gasteiger partial charge in [-0.1, -0.05) is 50.2 Å². The molecule has 1 N–H and O–H groups in total. The Balaban J connectivity index is 0.000000223. The summed E-state index contributed by atoms with van der Waals surface area (Å²) in [6.07, 6.45) is 4.34. The number of hydrogen-bond acceptors (Lipinski definition) is 5. The lowest BCUT2D eigenvalue weighted by Gasteiger charge is -2.45. The second kappa shape index (κ2) is 12.3. The number of anilines is 2. The highest BCUT2D eigenvalue weighted by molar-refractivity contribution is 5.76. The fourth-order valence-corrected chi connectivity index (χ4v) is 4.90. The van der Waals surface area contributed by atoms with Gasteiger partial charge in [0.05, 0.1) is 13.2 Å². The van der Waals surface area contributed by atoms with Crippen LogP contribution in [0, 0.1) is 0 Å². The Labute approximate surface area is 210 Å². The third-order valence-corrected chi connectivity index (χ3v) is 6.76. The van der Waals surface area contributed by atoms with Gasteiger partial charge in [0, 0.05) is 36.6 Å². The zero-order chi connectivity index (χ0) is 25.4. The van der Waals surface area contributed by atoms with Gasteiger partial charge in [0.2, 0.25) is 0 Å². The van der Waals surface area contributed by atoms with Gasteiger partial charge in [0.1, 0.15) is 6.29 Å². The number of ether oxygens (including phenoxy) is 1. The molecule has 2 aliphatic heterocycles. The van der Waals surface area contributed by atoms with Gasteiger partial charge >= 0.3 is 0 Å². The predicted octanol–water partition coefficient (Wildman–Crippen LogP) is 6.65. The van der Waals surface area contributed by atoms with Crippen LogP contribution in [0.4, 0.5) is 11.4 Å². The van der Waals surface area contributed by atoms with E-state index < -0.39 is 0 Å². The predicted molar refractivity (Wildman–Crippen MR) is 145 cm³/mol. The summed E-state index contributed by atoms with van der Waals surface area (Å²) in [6, 6.07) is 23.4. The van der Waals surface area contributed by atoms with Crippen molar-refractivity contribution in [3.05, 3.63) is 83.4 Å². The molecule has 2 aliphatic rings. The Morgan fingerprint density at radius 2 is 1.69 bits per heavy atom. The second-order valence-electron chi connectivity index (χ2n) is 8.75. The summed E-state index contributed by atoms with van der Waals surface area (Å²) >= 11 is 0. The van der Waals surface area contributed by atoms with Crippen molar-refractivity contribution in [2.24, 2.45) is 0 Å². The van der Waals surface area contributed by atoms with Crippen molar-refractivity contribution in [1.82, 2.24) is 0 Å². The monoisotopic (exact) mass is 474 g/mol. The third kappa shape index (κ3) is 5.79. The van der Waals surface area contributed by atoms with Gasteiger partial charge in [0.15, 0.2) is 11.5 Å². The quantitative estimate of drug-likeness (QED) is 0.431. The molecule has 0 bridgehead atoms. The highest BCUT2D eigenvalue weighted by atomic mass is 16.5. The molecular formula is C30H38N2O3. The first kappa shape index (κ1) is 26.1. The van der Waals surface area contributed by atoms with E-state index in [-0.39, 0.29) is 5.75 Å². The van der Waals surface area contributed by atoms with E-state index in [4.69, 9.17) is 9.84 Å². The van der Waals surface area contributed by atoms with Gasteiger partial charge in [0.25, 0.3) is 0 Å². The van der Waals surface area contributed by atoms with E-state index in [0.29, 0.717) is 29.7 Å². The average Bonchev–Trinajstić information content (AvgIpc) is 2.92. The molecular weight excluding hydrogens is 436 g/mol. The molecule has 2 atom stereocenters. The average molecular weight is 475 g/mol. The number of aromatic hydroxyl groups is 1. The fraction of sp³-hybridized carbons (Fsp3) is 0.367. The van der Waals surface area contributed by atoms with Gasteiger partial charge in [-0.25, -0.2) is 0 Å². The van der Waals surface area contributed by atoms with Crippen LogP contribution in [0.25, 0.3) is 0 Å². The molecule has 3 aromatic rings. The third-order valence-electron chi connectivity index (χ3n) is 6.76. The number of hydrogen-bond donors (Lipinski definition) is 1. The summed E-state index contributed by atoms with van der Waals surface area (Å²) in [6.45, 7) is 7.52. The van der Waals surface area contributed by atoms with E-state index in [1.54, 1.807) is 12.1 Å². The summed E-state index contributed by atoms with van der Waals surface area (Å²) < 4.78 is 4.78. The molecule has 35 heavy (non-hydrogen) atoms. The van der Waals surface area contributed by atoms with Crippen molar-refractivity contribution in [2.45, 2.75) is 52.1 Å². The number of fused-ring (bicyclic) bond motifs is 2. The largest absolute Gasteiger partial charge is 0.504 e. The number of rotatable bonds is 3. The summed E-state index contributed by atoms with van der Waals surface area (Å²) in [5, 5.41) is 9.14. The number of para-hydroxylation sites is 2. The Bertz CT molecular complexity index is 1110. The summed E-state index contributed by atoms with van der Waals surface area (Å²) in [5.41, 5.74) is 6.28. The Hall–Kier alpha value is -3.47. The number of methoxy groups -OCH3 is 1. The molecule has 0 spiro atoms. The molecule has 2 heterocycles. The zero-order valence-corrected chi connectivity index (χ0v) is 21.6. The van der Waals surface area contributed by atoms with E-state index in [0.717, 1.165) is 0 Å². The number of nitrogens with zero attached hydrogens (tertiary/aromatic N) is 2. The number of aldehydes is 1. The molecule has 0 aromatic heterocycles. The molecule has 0 fully saturated rings. The topological polar surface area (TPSA) is 53.0 Å². The lowest BCUT2D eigenvalue weighted by molar-refractivity contribution is 0.112. The van der Waals surface area contributed by atoms with E-state index in [2.05, 4.69) is 72.3 Å². The van der Waals surface area contributed by atoms with Crippen molar-refractivity contribution in [3.8, 4) is 11.5 Å². The molecule has 2 unspecified atom stereocenters. The molecule has 5 heteroatoms. The van der Waals surface area contributed by atoms with E-state index in [1.807, 2.05) is 13.8 Å². The molecule has 0 aliphatic carbocycles. The smallest absolute Gasteiger partial charge is 0.160 e. The second-order valence-corrected chi connectivity index (χ2v) is 8.75. The molecule has 186 valence electrons. The Morgan fingerprint density at radius 3 is 2.37 bits per heavy atom. The van der Waals surface area contributed by atoms with E-state index >= 15 is 0 Å². The number of carbonyl (C=O) groups excluding carboxylic acids is 1. The van der Waals surface area contributed by atoms with E-state index in [1.165, 1.54) is 61.5 Å². The van der Waals surface area contributed by atoms with Crippen LogP contribution in [0.5, 0.6) is 11.5 Å². The Morgan fingerprint density at radius 1 is 1.00 bits per heavy atom. The van der Waals surface area contributed by atoms with Crippen LogP contribution in [0.2, 0.25) is 0 Å². The molecule has 3 aromatic carbocycles.